The van der Waals surface area contributed by atoms with Crippen LogP contribution in [0.15, 0.2) is 48.7 Å². The Hall–Kier alpha value is -3.85. The number of benzene rings is 2. The Bertz CT molecular complexity index is 1330. The predicted octanol–water partition coefficient (Wildman–Crippen LogP) is 3.27. The number of H-pyrrole nitrogens is 1. The van der Waals surface area contributed by atoms with Gasteiger partial charge in [0.1, 0.15) is 17.3 Å². The molecule has 184 valence electrons. The number of nitrogens with zero attached hydrogens (tertiary/aromatic N) is 3. The number of aromatic nitrogens is 4. The van der Waals surface area contributed by atoms with E-state index in [1.165, 1.54) is 0 Å². The minimum Gasteiger partial charge on any atom is -0.497 e. The van der Waals surface area contributed by atoms with Gasteiger partial charge >= 0.3 is 0 Å². The zero-order valence-electron chi connectivity index (χ0n) is 20.8. The first-order valence-corrected chi connectivity index (χ1v) is 11.5. The SMILES string of the molecule is COc1ccc(Cn2c(C)nnc2[C@@H](Cc2c[nH]c3ccccc23)NC(=O)C(C)(C)N)c(OC)c1. The molecule has 2 aromatic heterocycles. The highest BCUT2D eigenvalue weighted by Crippen LogP contribution is 2.28. The minimum atomic E-state index is -1.04. The summed E-state index contributed by atoms with van der Waals surface area (Å²) in [5.41, 5.74) is 8.11. The molecule has 0 aliphatic rings. The maximum Gasteiger partial charge on any atom is 0.240 e. The van der Waals surface area contributed by atoms with Crippen LogP contribution in [0.1, 0.15) is 42.7 Å². The summed E-state index contributed by atoms with van der Waals surface area (Å²) in [4.78, 5) is 16.3. The van der Waals surface area contributed by atoms with Crippen molar-refractivity contribution in [1.82, 2.24) is 25.1 Å². The predicted molar refractivity (Wildman–Crippen MR) is 135 cm³/mol. The number of carbonyl (C=O) groups excluding carboxylic acids is 1. The van der Waals surface area contributed by atoms with Crippen LogP contribution in [-0.4, -0.2) is 45.4 Å². The van der Waals surface area contributed by atoms with E-state index in [0.29, 0.717) is 30.3 Å². The van der Waals surface area contributed by atoms with Crippen LogP contribution in [0.25, 0.3) is 10.9 Å². The lowest BCUT2D eigenvalue weighted by atomic mass is 10.0. The van der Waals surface area contributed by atoms with Crippen molar-refractivity contribution in [3.8, 4) is 11.5 Å². The summed E-state index contributed by atoms with van der Waals surface area (Å²) in [6, 6.07) is 13.3. The molecule has 0 radical (unpaired) electrons. The maximum absolute atomic E-state index is 13.0. The number of methoxy groups -OCH3 is 2. The van der Waals surface area contributed by atoms with E-state index in [2.05, 4.69) is 26.6 Å². The molecule has 0 aliphatic heterocycles. The van der Waals surface area contributed by atoms with Crippen LogP contribution in [0.5, 0.6) is 11.5 Å². The Balaban J connectivity index is 1.73. The number of nitrogens with two attached hydrogens (primary N) is 1. The smallest absolute Gasteiger partial charge is 0.240 e. The van der Waals surface area contributed by atoms with Gasteiger partial charge in [-0.3, -0.25) is 4.79 Å². The molecule has 4 aromatic rings. The van der Waals surface area contributed by atoms with Crippen molar-refractivity contribution >= 4 is 16.8 Å². The van der Waals surface area contributed by atoms with Crippen molar-refractivity contribution in [2.24, 2.45) is 5.73 Å². The third-order valence-electron chi connectivity index (χ3n) is 6.09. The molecular weight excluding hydrogens is 444 g/mol. The average Bonchev–Trinajstić information content (AvgIpc) is 3.41. The summed E-state index contributed by atoms with van der Waals surface area (Å²) in [5, 5.41) is 13.0. The second kappa shape index (κ2) is 9.79. The third kappa shape index (κ3) is 5.14. The van der Waals surface area contributed by atoms with Gasteiger partial charge in [-0.1, -0.05) is 18.2 Å². The fraction of sp³-hybridized carbons (Fsp3) is 0.346. The number of amides is 1. The van der Waals surface area contributed by atoms with E-state index in [1.54, 1.807) is 28.1 Å². The molecule has 0 aliphatic carbocycles. The molecule has 0 fully saturated rings. The van der Waals surface area contributed by atoms with Crippen LogP contribution in [0.4, 0.5) is 0 Å². The summed E-state index contributed by atoms with van der Waals surface area (Å²) < 4.78 is 12.9. The van der Waals surface area contributed by atoms with Crippen LogP contribution in [0, 0.1) is 6.92 Å². The van der Waals surface area contributed by atoms with E-state index >= 15 is 0 Å². The van der Waals surface area contributed by atoms with E-state index < -0.39 is 11.6 Å². The van der Waals surface area contributed by atoms with Crippen molar-refractivity contribution in [2.45, 2.75) is 45.3 Å². The standard InChI is InChI=1S/C26H32N6O3/c1-16-30-31-24(32(16)15-17-10-11-19(34-4)13-23(17)35-5)22(29-25(33)26(2,3)27)12-18-14-28-21-9-7-6-8-20(18)21/h6-11,13-14,22,28H,12,15,27H2,1-5H3,(H,29,33)/t22-/m1/s1. The van der Waals surface area contributed by atoms with E-state index in [1.807, 2.05) is 54.1 Å². The lowest BCUT2D eigenvalue weighted by Crippen LogP contribution is -2.50. The number of nitrogens with one attached hydrogen (secondary N) is 2. The van der Waals surface area contributed by atoms with Gasteiger partial charge in [0.25, 0.3) is 0 Å². The molecule has 0 bridgehead atoms. The van der Waals surface area contributed by atoms with Crippen molar-refractivity contribution in [1.29, 1.82) is 0 Å². The van der Waals surface area contributed by atoms with E-state index in [-0.39, 0.29) is 5.91 Å². The highest BCUT2D eigenvalue weighted by molar-refractivity contribution is 5.86. The van der Waals surface area contributed by atoms with Gasteiger partial charge in [0.05, 0.1) is 32.3 Å². The minimum absolute atomic E-state index is 0.267. The molecule has 1 atom stereocenters. The van der Waals surface area contributed by atoms with Gasteiger partial charge in [-0.15, -0.1) is 10.2 Å². The molecule has 9 heteroatoms. The zero-order valence-corrected chi connectivity index (χ0v) is 20.8. The number of rotatable bonds is 9. The zero-order chi connectivity index (χ0) is 25.2. The molecule has 1 amide bonds. The third-order valence-corrected chi connectivity index (χ3v) is 6.09. The van der Waals surface area contributed by atoms with Crippen molar-refractivity contribution in [2.75, 3.05) is 14.2 Å². The molecule has 35 heavy (non-hydrogen) atoms. The summed E-state index contributed by atoms with van der Waals surface area (Å²) in [6.45, 7) is 5.73. The second-order valence-electron chi connectivity index (χ2n) is 9.18. The summed E-state index contributed by atoms with van der Waals surface area (Å²) in [7, 11) is 3.25. The molecule has 9 nitrogen and oxygen atoms in total. The average molecular weight is 477 g/mol. The number of hydrogen-bond acceptors (Lipinski definition) is 6. The van der Waals surface area contributed by atoms with Gasteiger partial charge in [-0.2, -0.15) is 0 Å². The number of aryl methyl sites for hydroxylation is 1. The Morgan fingerprint density at radius 3 is 2.63 bits per heavy atom. The van der Waals surface area contributed by atoms with E-state index in [4.69, 9.17) is 15.2 Å². The quantitative estimate of drug-likeness (QED) is 0.341. The van der Waals surface area contributed by atoms with Crippen LogP contribution in [0.2, 0.25) is 0 Å². The Labute approximate surface area is 204 Å². The van der Waals surface area contributed by atoms with Gasteiger partial charge in [0, 0.05) is 35.2 Å². The normalized spacial score (nSPS) is 12.5. The fourth-order valence-corrected chi connectivity index (χ4v) is 4.07. The van der Waals surface area contributed by atoms with Crippen LogP contribution in [-0.2, 0) is 17.8 Å². The highest BCUT2D eigenvalue weighted by Gasteiger charge is 2.29. The molecule has 4 N–H and O–H groups in total. The van der Waals surface area contributed by atoms with Crippen LogP contribution in [0.3, 0.4) is 0 Å². The Kier molecular flexibility index (Phi) is 6.79. The molecule has 2 aromatic carbocycles. The summed E-state index contributed by atoms with van der Waals surface area (Å²) in [5.74, 6) is 2.51. The number of hydrogen-bond donors (Lipinski definition) is 3. The highest BCUT2D eigenvalue weighted by atomic mass is 16.5. The molecule has 0 saturated carbocycles. The lowest BCUT2D eigenvalue weighted by Gasteiger charge is -2.25. The molecule has 0 saturated heterocycles. The van der Waals surface area contributed by atoms with Crippen molar-refractivity contribution in [3.05, 3.63) is 71.4 Å². The number of ether oxygens (including phenoxy) is 2. The largest absolute Gasteiger partial charge is 0.497 e. The molecule has 0 unspecified atom stereocenters. The van der Waals surface area contributed by atoms with E-state index in [0.717, 1.165) is 27.9 Å². The number of aromatic amines is 1. The number of fused-ring (bicyclic) bond motifs is 1. The summed E-state index contributed by atoms with van der Waals surface area (Å²) >= 11 is 0. The number of para-hydroxylation sites is 1. The van der Waals surface area contributed by atoms with Gasteiger partial charge in [0.2, 0.25) is 5.91 Å². The molecule has 4 rings (SSSR count). The first-order chi connectivity index (χ1) is 16.7. The van der Waals surface area contributed by atoms with Gasteiger partial charge in [0.15, 0.2) is 5.82 Å². The van der Waals surface area contributed by atoms with Crippen LogP contribution < -0.4 is 20.5 Å². The Morgan fingerprint density at radius 1 is 1.14 bits per heavy atom. The van der Waals surface area contributed by atoms with Crippen LogP contribution >= 0.6 is 0 Å². The number of carbonyl (C=O) groups is 1. The second-order valence-corrected chi connectivity index (χ2v) is 9.18. The fourth-order valence-electron chi connectivity index (χ4n) is 4.07. The van der Waals surface area contributed by atoms with Crippen molar-refractivity contribution in [3.63, 3.8) is 0 Å². The van der Waals surface area contributed by atoms with Gasteiger partial charge in [-0.05, 0) is 44.5 Å². The lowest BCUT2D eigenvalue weighted by molar-refractivity contribution is -0.126. The summed E-state index contributed by atoms with van der Waals surface area (Å²) in [6.07, 6.45) is 2.49. The Morgan fingerprint density at radius 2 is 1.91 bits per heavy atom. The monoisotopic (exact) mass is 476 g/mol. The van der Waals surface area contributed by atoms with Crippen molar-refractivity contribution < 1.29 is 14.3 Å². The molecule has 2 heterocycles. The van der Waals surface area contributed by atoms with Gasteiger partial charge in [-0.25, -0.2) is 0 Å². The van der Waals surface area contributed by atoms with Gasteiger partial charge < -0.3 is 30.1 Å². The molecule has 0 spiro atoms. The maximum atomic E-state index is 13.0. The molecular formula is C26H32N6O3. The first-order valence-electron chi connectivity index (χ1n) is 11.5. The first kappa shape index (κ1) is 24.3. The topological polar surface area (TPSA) is 120 Å². The van der Waals surface area contributed by atoms with E-state index in [9.17, 15) is 4.79 Å².